The molecule has 30 heavy (non-hydrogen) atoms. The highest BCUT2D eigenvalue weighted by atomic mass is 35.5. The van der Waals surface area contributed by atoms with E-state index in [0.29, 0.717) is 11.5 Å². The van der Waals surface area contributed by atoms with E-state index >= 15 is 0 Å². The van der Waals surface area contributed by atoms with E-state index in [9.17, 15) is 18.0 Å². The topological polar surface area (TPSA) is 38.3 Å². The number of hydrogen-bond donors (Lipinski definition) is 1. The third-order valence-electron chi connectivity index (χ3n) is 4.89. The highest BCUT2D eigenvalue weighted by molar-refractivity contribution is 7.12. The van der Waals surface area contributed by atoms with Crippen molar-refractivity contribution in [1.82, 2.24) is 0 Å². The molecule has 0 fully saturated rings. The molecule has 0 spiro atoms. The molecule has 3 nitrogen and oxygen atoms in total. The lowest BCUT2D eigenvalue weighted by Crippen LogP contribution is -2.12. The van der Waals surface area contributed by atoms with E-state index in [2.05, 4.69) is 17.4 Å². The lowest BCUT2D eigenvalue weighted by Gasteiger charge is -2.11. The van der Waals surface area contributed by atoms with Crippen molar-refractivity contribution in [3.8, 4) is 5.75 Å². The van der Waals surface area contributed by atoms with Crippen molar-refractivity contribution < 1.29 is 22.7 Å². The minimum atomic E-state index is -4.52. The summed E-state index contributed by atoms with van der Waals surface area (Å²) >= 11 is 7.13. The molecular weight excluding hydrogens is 435 g/mol. The van der Waals surface area contributed by atoms with Crippen LogP contribution in [-0.2, 0) is 25.6 Å². The van der Waals surface area contributed by atoms with E-state index in [1.807, 2.05) is 6.07 Å². The number of fused-ring (bicyclic) bond motifs is 1. The second-order valence-electron chi connectivity index (χ2n) is 7.04. The van der Waals surface area contributed by atoms with Crippen molar-refractivity contribution in [2.24, 2.45) is 0 Å². The predicted molar refractivity (Wildman–Crippen MR) is 112 cm³/mol. The number of anilines is 1. The number of ether oxygens (including phenoxy) is 1. The van der Waals surface area contributed by atoms with Crippen LogP contribution in [0, 0.1) is 0 Å². The number of nitrogens with one attached hydrogen (secondary N) is 1. The van der Waals surface area contributed by atoms with Crippen LogP contribution in [0.15, 0.2) is 47.8 Å². The Hall–Kier alpha value is -2.51. The first kappa shape index (κ1) is 20.8. The summed E-state index contributed by atoms with van der Waals surface area (Å²) in [5.74, 6) is 0.258. The van der Waals surface area contributed by atoms with Crippen LogP contribution in [0.25, 0.3) is 0 Å². The molecule has 2 aromatic carbocycles. The van der Waals surface area contributed by atoms with Crippen molar-refractivity contribution >= 4 is 34.5 Å². The average Bonchev–Trinajstić information content (AvgIpc) is 3.36. The van der Waals surface area contributed by atoms with Crippen LogP contribution in [0.4, 0.5) is 18.9 Å². The molecule has 8 heteroatoms. The Balaban J connectivity index is 1.41. The van der Waals surface area contributed by atoms with E-state index in [4.69, 9.17) is 16.3 Å². The summed E-state index contributed by atoms with van der Waals surface area (Å²) in [6, 6.07) is 10.6. The Morgan fingerprint density at radius 2 is 1.90 bits per heavy atom. The van der Waals surface area contributed by atoms with Crippen molar-refractivity contribution in [2.75, 3.05) is 5.32 Å². The SMILES string of the molecule is O=C(Nc1cc(C(F)(F)F)ccc1Cl)c1cc(COc2ccc3c(c2)CCC3)cs1. The van der Waals surface area contributed by atoms with Gasteiger partial charge in [0.25, 0.3) is 5.91 Å². The number of aryl methyl sites for hydroxylation is 2. The number of halogens is 4. The van der Waals surface area contributed by atoms with Crippen LogP contribution in [0.5, 0.6) is 5.75 Å². The van der Waals surface area contributed by atoms with Gasteiger partial charge in [0.1, 0.15) is 12.4 Å². The van der Waals surface area contributed by atoms with Gasteiger partial charge in [-0.05, 0) is 72.2 Å². The van der Waals surface area contributed by atoms with Crippen molar-refractivity contribution in [2.45, 2.75) is 32.0 Å². The van der Waals surface area contributed by atoms with Crippen molar-refractivity contribution in [1.29, 1.82) is 0 Å². The first-order chi connectivity index (χ1) is 14.3. The smallest absolute Gasteiger partial charge is 0.416 e. The summed E-state index contributed by atoms with van der Waals surface area (Å²) in [5, 5.41) is 4.28. The zero-order valence-electron chi connectivity index (χ0n) is 15.7. The molecule has 1 N–H and O–H groups in total. The van der Waals surface area contributed by atoms with Crippen LogP contribution in [0.1, 0.15) is 38.3 Å². The molecule has 0 atom stereocenters. The summed E-state index contributed by atoms with van der Waals surface area (Å²) in [7, 11) is 0. The van der Waals surface area contributed by atoms with Gasteiger partial charge in [0.05, 0.1) is 21.2 Å². The number of carbonyl (C=O) groups is 1. The minimum absolute atomic E-state index is 0.0353. The third kappa shape index (κ3) is 4.63. The van der Waals surface area contributed by atoms with Crippen molar-refractivity contribution in [3.63, 3.8) is 0 Å². The first-order valence-corrected chi connectivity index (χ1v) is 10.6. The normalized spacial score (nSPS) is 13.2. The molecule has 0 saturated carbocycles. The summed E-state index contributed by atoms with van der Waals surface area (Å²) in [6.45, 7) is 0.298. The molecule has 1 aliphatic carbocycles. The standard InChI is InChI=1S/C22H17ClF3NO2S/c23-18-7-5-16(22(24,25)26)10-19(18)27-21(28)20-8-13(12-30-20)11-29-17-6-4-14-2-1-3-15(14)9-17/h4-10,12H,1-3,11H2,(H,27,28). The van der Waals surface area contributed by atoms with Gasteiger partial charge in [-0.15, -0.1) is 11.3 Å². The van der Waals surface area contributed by atoms with Crippen LogP contribution >= 0.6 is 22.9 Å². The highest BCUT2D eigenvalue weighted by Crippen LogP contribution is 2.34. The van der Waals surface area contributed by atoms with E-state index in [0.717, 1.165) is 48.8 Å². The Labute approximate surface area is 180 Å². The first-order valence-electron chi connectivity index (χ1n) is 9.30. The lowest BCUT2D eigenvalue weighted by atomic mass is 10.1. The second-order valence-corrected chi connectivity index (χ2v) is 8.36. The van der Waals surface area contributed by atoms with Crippen LogP contribution in [-0.4, -0.2) is 5.91 Å². The minimum Gasteiger partial charge on any atom is -0.489 e. The maximum Gasteiger partial charge on any atom is 0.416 e. The van der Waals surface area contributed by atoms with E-state index in [1.165, 1.54) is 22.5 Å². The molecule has 1 aliphatic rings. The molecule has 0 unspecified atom stereocenters. The van der Waals surface area contributed by atoms with Gasteiger partial charge in [-0.2, -0.15) is 13.2 Å². The van der Waals surface area contributed by atoms with Crippen LogP contribution in [0.2, 0.25) is 5.02 Å². The Bertz CT molecular complexity index is 1090. The highest BCUT2D eigenvalue weighted by Gasteiger charge is 2.31. The van der Waals surface area contributed by atoms with Crippen molar-refractivity contribution in [3.05, 3.63) is 80.0 Å². The summed E-state index contributed by atoms with van der Waals surface area (Å²) in [6.07, 6.45) is -1.19. The Kier molecular flexibility index (Phi) is 5.75. The largest absolute Gasteiger partial charge is 0.489 e. The number of hydrogen-bond acceptors (Lipinski definition) is 3. The van der Waals surface area contributed by atoms with Gasteiger partial charge in [-0.1, -0.05) is 17.7 Å². The maximum atomic E-state index is 12.9. The fourth-order valence-electron chi connectivity index (χ4n) is 3.36. The van der Waals surface area contributed by atoms with E-state index in [-0.39, 0.29) is 10.7 Å². The molecular formula is C22H17ClF3NO2S. The zero-order valence-corrected chi connectivity index (χ0v) is 17.3. The van der Waals surface area contributed by atoms with E-state index < -0.39 is 17.6 Å². The molecule has 3 aromatic rings. The van der Waals surface area contributed by atoms with Gasteiger partial charge in [0.2, 0.25) is 0 Å². The van der Waals surface area contributed by atoms with Gasteiger partial charge >= 0.3 is 6.18 Å². The molecule has 1 amide bonds. The molecule has 0 aliphatic heterocycles. The maximum absolute atomic E-state index is 12.9. The monoisotopic (exact) mass is 451 g/mol. The molecule has 0 bridgehead atoms. The second kappa shape index (κ2) is 8.32. The van der Waals surface area contributed by atoms with Gasteiger partial charge in [0, 0.05) is 5.56 Å². The zero-order chi connectivity index (χ0) is 21.3. The Morgan fingerprint density at radius 3 is 2.70 bits per heavy atom. The van der Waals surface area contributed by atoms with Gasteiger partial charge < -0.3 is 10.1 Å². The molecule has 0 radical (unpaired) electrons. The van der Waals surface area contributed by atoms with Crippen LogP contribution in [0.3, 0.4) is 0 Å². The molecule has 1 heterocycles. The Morgan fingerprint density at radius 1 is 1.10 bits per heavy atom. The number of benzene rings is 2. The number of alkyl halides is 3. The summed E-state index contributed by atoms with van der Waals surface area (Å²) in [4.78, 5) is 12.8. The van der Waals surface area contributed by atoms with Gasteiger partial charge in [-0.25, -0.2) is 0 Å². The van der Waals surface area contributed by atoms with E-state index in [1.54, 1.807) is 11.4 Å². The fourth-order valence-corrected chi connectivity index (χ4v) is 4.31. The number of thiophene rings is 1. The number of amides is 1. The lowest BCUT2D eigenvalue weighted by molar-refractivity contribution is -0.137. The fraction of sp³-hybridized carbons (Fsp3) is 0.227. The van der Waals surface area contributed by atoms with Crippen LogP contribution < -0.4 is 10.1 Å². The number of carbonyl (C=O) groups excluding carboxylic acids is 1. The average molecular weight is 452 g/mol. The number of rotatable bonds is 5. The molecule has 156 valence electrons. The summed E-state index contributed by atoms with van der Waals surface area (Å²) in [5.41, 5.74) is 2.53. The quantitative estimate of drug-likeness (QED) is 0.466. The van der Waals surface area contributed by atoms with Gasteiger partial charge in [-0.3, -0.25) is 4.79 Å². The predicted octanol–water partition coefficient (Wildman–Crippen LogP) is 6.74. The molecule has 4 rings (SSSR count). The van der Waals surface area contributed by atoms with Gasteiger partial charge in [0.15, 0.2) is 0 Å². The summed E-state index contributed by atoms with van der Waals surface area (Å²) < 4.78 is 44.5. The third-order valence-corrected chi connectivity index (χ3v) is 6.20. The molecule has 0 saturated heterocycles. The molecule has 1 aromatic heterocycles.